The van der Waals surface area contributed by atoms with Crippen molar-refractivity contribution in [3.05, 3.63) is 78.7 Å². The highest BCUT2D eigenvalue weighted by molar-refractivity contribution is 5.94. The molecule has 0 aliphatic carbocycles. The fourth-order valence-corrected chi connectivity index (χ4v) is 2.50. The summed E-state index contributed by atoms with van der Waals surface area (Å²) in [7, 11) is 1.56. The summed E-state index contributed by atoms with van der Waals surface area (Å²) in [4.78, 5) is 18.8. The van der Waals surface area contributed by atoms with Gasteiger partial charge < -0.3 is 14.2 Å². The van der Waals surface area contributed by atoms with Gasteiger partial charge >= 0.3 is 0 Å². The summed E-state index contributed by atoms with van der Waals surface area (Å²) in [6.07, 6.45) is 1.66. The number of ether oxygens (including phenoxy) is 1. The first-order valence-corrected chi connectivity index (χ1v) is 8.13. The average molecular weight is 349 g/mol. The fraction of sp³-hybridized carbons (Fsp3) is 0.150. The molecule has 1 amide bonds. The largest absolute Gasteiger partial charge is 0.497 e. The Balaban J connectivity index is 1.79. The average Bonchev–Trinajstić information content (AvgIpc) is 3.16. The van der Waals surface area contributed by atoms with Crippen LogP contribution < -0.4 is 4.74 Å². The maximum atomic E-state index is 12.8. The second-order valence-electron chi connectivity index (χ2n) is 5.58. The van der Waals surface area contributed by atoms with Crippen LogP contribution in [0.5, 0.6) is 5.75 Å². The molecule has 6 heteroatoms. The summed E-state index contributed by atoms with van der Waals surface area (Å²) in [5.74, 6) is 1.32. The van der Waals surface area contributed by atoms with E-state index in [1.165, 1.54) is 0 Å². The topological polar surface area (TPSA) is 68.5 Å². The molecule has 0 aliphatic rings. The van der Waals surface area contributed by atoms with Gasteiger partial charge in [-0.3, -0.25) is 4.79 Å². The van der Waals surface area contributed by atoms with E-state index in [-0.39, 0.29) is 12.5 Å². The second-order valence-corrected chi connectivity index (χ2v) is 5.58. The molecule has 3 rings (SSSR count). The summed E-state index contributed by atoms with van der Waals surface area (Å²) in [5, 5.41) is 3.99. The maximum Gasteiger partial charge on any atom is 0.254 e. The van der Waals surface area contributed by atoms with E-state index in [9.17, 15) is 4.79 Å². The first kappa shape index (κ1) is 17.4. The van der Waals surface area contributed by atoms with E-state index >= 15 is 0 Å². The molecule has 1 heterocycles. The molecule has 0 bridgehead atoms. The molecule has 0 saturated carbocycles. The third-order valence-corrected chi connectivity index (χ3v) is 3.78. The van der Waals surface area contributed by atoms with E-state index in [4.69, 9.17) is 9.26 Å². The Hall–Kier alpha value is -3.41. The Morgan fingerprint density at radius 3 is 2.77 bits per heavy atom. The summed E-state index contributed by atoms with van der Waals surface area (Å²) >= 11 is 0. The number of aromatic nitrogens is 2. The molecule has 0 aliphatic heterocycles. The van der Waals surface area contributed by atoms with Crippen molar-refractivity contribution in [2.45, 2.75) is 6.54 Å². The van der Waals surface area contributed by atoms with Crippen LogP contribution in [0.1, 0.15) is 16.2 Å². The third-order valence-electron chi connectivity index (χ3n) is 3.78. The number of rotatable bonds is 7. The first-order chi connectivity index (χ1) is 12.7. The number of amides is 1. The Morgan fingerprint density at radius 1 is 1.23 bits per heavy atom. The van der Waals surface area contributed by atoms with Gasteiger partial charge in [0.2, 0.25) is 11.7 Å². The zero-order valence-electron chi connectivity index (χ0n) is 14.5. The van der Waals surface area contributed by atoms with Crippen LogP contribution in [0.15, 0.2) is 71.8 Å². The van der Waals surface area contributed by atoms with Gasteiger partial charge in [-0.25, -0.2) is 0 Å². The van der Waals surface area contributed by atoms with Crippen LogP contribution >= 0.6 is 0 Å². The van der Waals surface area contributed by atoms with Gasteiger partial charge in [0.1, 0.15) is 12.3 Å². The van der Waals surface area contributed by atoms with Crippen LogP contribution in [-0.2, 0) is 6.54 Å². The minimum atomic E-state index is -0.164. The number of hydrogen-bond acceptors (Lipinski definition) is 5. The van der Waals surface area contributed by atoms with Crippen LogP contribution in [0.25, 0.3) is 11.4 Å². The van der Waals surface area contributed by atoms with E-state index in [0.29, 0.717) is 29.6 Å². The molecule has 6 nitrogen and oxygen atoms in total. The maximum absolute atomic E-state index is 12.8. The van der Waals surface area contributed by atoms with Gasteiger partial charge in [-0.2, -0.15) is 4.98 Å². The van der Waals surface area contributed by atoms with E-state index in [1.54, 1.807) is 42.4 Å². The summed E-state index contributed by atoms with van der Waals surface area (Å²) in [5.41, 5.74) is 1.38. The van der Waals surface area contributed by atoms with Gasteiger partial charge in [-0.15, -0.1) is 6.58 Å². The Labute approximate surface area is 151 Å². The van der Waals surface area contributed by atoms with E-state index in [1.807, 2.05) is 30.3 Å². The lowest BCUT2D eigenvalue weighted by Crippen LogP contribution is -2.30. The highest BCUT2D eigenvalue weighted by atomic mass is 16.5. The lowest BCUT2D eigenvalue weighted by atomic mass is 10.2. The molecule has 26 heavy (non-hydrogen) atoms. The van der Waals surface area contributed by atoms with Crippen LogP contribution in [-0.4, -0.2) is 34.6 Å². The predicted molar refractivity (Wildman–Crippen MR) is 97.7 cm³/mol. The van der Waals surface area contributed by atoms with Gasteiger partial charge in [0.15, 0.2) is 0 Å². The van der Waals surface area contributed by atoms with Gasteiger partial charge in [-0.1, -0.05) is 47.6 Å². The van der Waals surface area contributed by atoms with E-state index in [2.05, 4.69) is 16.7 Å². The lowest BCUT2D eigenvalue weighted by Gasteiger charge is -2.19. The lowest BCUT2D eigenvalue weighted by molar-refractivity contribution is 0.0745. The fourth-order valence-electron chi connectivity index (χ4n) is 2.50. The SMILES string of the molecule is C=CCN(Cc1nc(-c2ccccc2)no1)C(=O)c1cccc(OC)c1. The van der Waals surface area contributed by atoms with Crippen molar-refractivity contribution in [2.24, 2.45) is 0 Å². The molecular weight excluding hydrogens is 330 g/mol. The van der Waals surface area contributed by atoms with Gasteiger partial charge in [0.05, 0.1) is 7.11 Å². The van der Waals surface area contributed by atoms with Gasteiger partial charge in [0, 0.05) is 17.7 Å². The quantitative estimate of drug-likeness (QED) is 0.610. The predicted octanol–water partition coefficient (Wildman–Crippen LogP) is 3.57. The number of carbonyl (C=O) groups excluding carboxylic acids is 1. The number of nitrogens with zero attached hydrogens (tertiary/aromatic N) is 3. The molecule has 0 radical (unpaired) electrons. The molecule has 132 valence electrons. The number of carbonyl (C=O) groups is 1. The van der Waals surface area contributed by atoms with E-state index < -0.39 is 0 Å². The molecule has 0 spiro atoms. The van der Waals surface area contributed by atoms with Gasteiger partial charge in [-0.05, 0) is 18.2 Å². The highest BCUT2D eigenvalue weighted by Gasteiger charge is 2.19. The molecule has 0 atom stereocenters. The van der Waals surface area contributed by atoms with Crippen molar-refractivity contribution < 1.29 is 14.1 Å². The van der Waals surface area contributed by atoms with Crippen LogP contribution in [0, 0.1) is 0 Å². The van der Waals surface area contributed by atoms with E-state index in [0.717, 1.165) is 5.56 Å². The normalized spacial score (nSPS) is 10.3. The monoisotopic (exact) mass is 349 g/mol. The molecule has 0 unspecified atom stereocenters. The second kappa shape index (κ2) is 8.11. The van der Waals surface area contributed by atoms with Crippen molar-refractivity contribution in [2.75, 3.05) is 13.7 Å². The Morgan fingerprint density at radius 2 is 2.04 bits per heavy atom. The summed E-state index contributed by atoms with van der Waals surface area (Å²) in [6, 6.07) is 16.5. The van der Waals surface area contributed by atoms with Crippen molar-refractivity contribution in [3.63, 3.8) is 0 Å². The standard InChI is InChI=1S/C20H19N3O3/c1-3-12-23(20(24)16-10-7-11-17(13-16)25-2)14-18-21-19(22-26-18)15-8-5-4-6-9-15/h3-11,13H,1,12,14H2,2H3. The molecule has 0 N–H and O–H groups in total. The smallest absolute Gasteiger partial charge is 0.254 e. The molecule has 2 aromatic carbocycles. The van der Waals surface area contributed by atoms with Gasteiger partial charge in [0.25, 0.3) is 5.91 Å². The third kappa shape index (κ3) is 3.97. The molecule has 3 aromatic rings. The number of hydrogen-bond donors (Lipinski definition) is 0. The molecule has 0 fully saturated rings. The minimum Gasteiger partial charge on any atom is -0.497 e. The minimum absolute atomic E-state index is 0.164. The Kier molecular flexibility index (Phi) is 5.43. The van der Waals surface area contributed by atoms with Crippen LogP contribution in [0.4, 0.5) is 0 Å². The van der Waals surface area contributed by atoms with Crippen LogP contribution in [0.3, 0.4) is 0 Å². The van der Waals surface area contributed by atoms with Crippen molar-refractivity contribution >= 4 is 5.91 Å². The molecular formula is C20H19N3O3. The number of methoxy groups -OCH3 is 1. The van der Waals surface area contributed by atoms with Crippen molar-refractivity contribution in [1.29, 1.82) is 0 Å². The molecule has 0 saturated heterocycles. The van der Waals surface area contributed by atoms with Crippen molar-refractivity contribution in [3.8, 4) is 17.1 Å². The first-order valence-electron chi connectivity index (χ1n) is 8.13. The zero-order chi connectivity index (χ0) is 18.4. The highest BCUT2D eigenvalue weighted by Crippen LogP contribution is 2.18. The van der Waals surface area contributed by atoms with Crippen molar-refractivity contribution in [1.82, 2.24) is 15.0 Å². The molecule has 1 aromatic heterocycles. The number of benzene rings is 2. The Bertz CT molecular complexity index is 890. The summed E-state index contributed by atoms with van der Waals surface area (Å²) in [6.45, 7) is 4.28. The zero-order valence-corrected chi connectivity index (χ0v) is 14.5. The summed E-state index contributed by atoms with van der Waals surface area (Å²) < 4.78 is 10.5. The van der Waals surface area contributed by atoms with Crippen LogP contribution in [0.2, 0.25) is 0 Å².